The van der Waals surface area contributed by atoms with E-state index in [1.54, 1.807) is 6.92 Å². The Balaban J connectivity index is 1.56. The number of carbonyl (C=O) groups is 2. The van der Waals surface area contributed by atoms with Crippen molar-refractivity contribution in [1.29, 1.82) is 0 Å². The van der Waals surface area contributed by atoms with Crippen LogP contribution in [0.15, 0.2) is 24.3 Å². The summed E-state index contributed by atoms with van der Waals surface area (Å²) in [5, 5.41) is 2.87. The molecule has 0 bridgehead atoms. The highest BCUT2D eigenvalue weighted by molar-refractivity contribution is 6.07. The predicted octanol–water partition coefficient (Wildman–Crippen LogP) is 3.09. The Morgan fingerprint density at radius 2 is 1.76 bits per heavy atom. The van der Waals surface area contributed by atoms with E-state index in [0.29, 0.717) is 26.5 Å². The smallest absolute Gasteiger partial charge is 0.326 e. The molecule has 0 spiro atoms. The molecule has 2 fully saturated rings. The molecule has 2 aliphatic heterocycles. The van der Waals surface area contributed by atoms with Crippen LogP contribution in [0.3, 0.4) is 0 Å². The summed E-state index contributed by atoms with van der Waals surface area (Å²) >= 11 is 0. The van der Waals surface area contributed by atoms with Gasteiger partial charge in [0, 0.05) is 13.1 Å². The fourth-order valence-electron chi connectivity index (χ4n) is 3.74. The van der Waals surface area contributed by atoms with E-state index in [1.807, 2.05) is 24.3 Å². The summed E-state index contributed by atoms with van der Waals surface area (Å²) in [4.78, 5) is 28.9. The van der Waals surface area contributed by atoms with Crippen molar-refractivity contribution in [1.82, 2.24) is 15.1 Å². The van der Waals surface area contributed by atoms with Crippen LogP contribution in [0.25, 0.3) is 0 Å². The first-order valence-electron chi connectivity index (χ1n) is 10.7. The van der Waals surface area contributed by atoms with E-state index in [9.17, 15) is 9.59 Å². The van der Waals surface area contributed by atoms with Gasteiger partial charge in [-0.1, -0.05) is 44.7 Å². The van der Waals surface area contributed by atoms with Crippen LogP contribution in [-0.2, 0) is 15.1 Å². The average Bonchev–Trinajstić information content (AvgIpc) is 2.96. The van der Waals surface area contributed by atoms with Gasteiger partial charge in [-0.3, -0.25) is 9.69 Å². The lowest BCUT2D eigenvalue weighted by atomic mass is 9.92. The normalized spacial score (nSPS) is 22.8. The van der Waals surface area contributed by atoms with Gasteiger partial charge in [0.2, 0.25) is 0 Å². The predicted molar refractivity (Wildman–Crippen MR) is 111 cm³/mol. The highest BCUT2D eigenvalue weighted by atomic mass is 16.5. The third kappa shape index (κ3) is 5.28. The number of unbranched alkanes of at least 4 members (excludes halogenated alkanes) is 4. The summed E-state index contributed by atoms with van der Waals surface area (Å²) in [7, 11) is 0. The summed E-state index contributed by atoms with van der Waals surface area (Å²) in [6, 6.07) is 7.12. The fourth-order valence-corrected chi connectivity index (χ4v) is 3.74. The summed E-state index contributed by atoms with van der Waals surface area (Å²) in [6.07, 6.45) is 5.99. The van der Waals surface area contributed by atoms with Crippen LogP contribution in [-0.4, -0.2) is 61.3 Å². The number of hydrogen-bond acceptors (Lipinski definition) is 5. The molecule has 160 valence electrons. The molecule has 0 radical (unpaired) electrons. The molecule has 2 aliphatic rings. The maximum Gasteiger partial charge on any atom is 0.326 e. The fraction of sp³-hybridized carbons (Fsp3) is 0.636. The SMILES string of the molecule is CCCCCCCOc1ccc(C2(C)NC(=O)N(CN3CCOCC3)C2=O)cc1. The first-order valence-corrected chi connectivity index (χ1v) is 10.7. The van der Waals surface area contributed by atoms with Crippen molar-refractivity contribution in [2.24, 2.45) is 0 Å². The lowest BCUT2D eigenvalue weighted by molar-refractivity contribution is -0.133. The van der Waals surface area contributed by atoms with Gasteiger partial charge in [0.05, 0.1) is 26.5 Å². The molecule has 1 unspecified atom stereocenters. The van der Waals surface area contributed by atoms with Crippen molar-refractivity contribution >= 4 is 11.9 Å². The van der Waals surface area contributed by atoms with Gasteiger partial charge in [-0.25, -0.2) is 9.69 Å². The lowest BCUT2D eigenvalue weighted by Crippen LogP contribution is -2.47. The quantitative estimate of drug-likeness (QED) is 0.480. The van der Waals surface area contributed by atoms with Gasteiger partial charge in [0.15, 0.2) is 0 Å². The molecule has 0 aromatic heterocycles. The summed E-state index contributed by atoms with van der Waals surface area (Å²) in [5.74, 6) is 0.563. The Labute approximate surface area is 173 Å². The molecule has 1 aromatic rings. The van der Waals surface area contributed by atoms with Gasteiger partial charge in [-0.15, -0.1) is 0 Å². The van der Waals surface area contributed by atoms with Crippen molar-refractivity contribution in [3.05, 3.63) is 29.8 Å². The molecule has 1 aromatic carbocycles. The number of carbonyl (C=O) groups excluding carboxylic acids is 2. The molecule has 2 heterocycles. The standard InChI is InChI=1S/C22H33N3O4/c1-3-4-5-6-7-14-29-19-10-8-18(9-11-19)22(2)20(26)25(21(27)23-22)17-24-12-15-28-16-13-24/h8-11H,3-7,12-17H2,1-2H3,(H,23,27). The van der Waals surface area contributed by atoms with Crippen LogP contribution < -0.4 is 10.1 Å². The van der Waals surface area contributed by atoms with Gasteiger partial charge in [-0.05, 0) is 31.0 Å². The highest BCUT2D eigenvalue weighted by Crippen LogP contribution is 2.30. The number of nitrogens with one attached hydrogen (secondary N) is 1. The zero-order valence-corrected chi connectivity index (χ0v) is 17.6. The van der Waals surface area contributed by atoms with E-state index in [1.165, 1.54) is 30.6 Å². The molecule has 1 N–H and O–H groups in total. The van der Waals surface area contributed by atoms with Gasteiger partial charge >= 0.3 is 6.03 Å². The van der Waals surface area contributed by atoms with Crippen molar-refractivity contribution in [2.75, 3.05) is 39.6 Å². The molecule has 3 amide bonds. The number of urea groups is 1. The first-order chi connectivity index (χ1) is 14.0. The minimum Gasteiger partial charge on any atom is -0.494 e. The largest absolute Gasteiger partial charge is 0.494 e. The van der Waals surface area contributed by atoms with E-state index in [2.05, 4.69) is 17.1 Å². The van der Waals surface area contributed by atoms with Crippen LogP contribution in [0.1, 0.15) is 51.5 Å². The topological polar surface area (TPSA) is 71.1 Å². The van der Waals surface area contributed by atoms with E-state index in [4.69, 9.17) is 9.47 Å². The second-order valence-electron chi connectivity index (χ2n) is 7.95. The number of benzene rings is 1. The van der Waals surface area contributed by atoms with E-state index >= 15 is 0 Å². The number of ether oxygens (including phenoxy) is 2. The number of amides is 3. The molecule has 7 heteroatoms. The van der Waals surface area contributed by atoms with Crippen LogP contribution >= 0.6 is 0 Å². The molecule has 7 nitrogen and oxygen atoms in total. The number of imide groups is 1. The van der Waals surface area contributed by atoms with Gasteiger partial charge < -0.3 is 14.8 Å². The highest BCUT2D eigenvalue weighted by Gasteiger charge is 2.49. The van der Waals surface area contributed by atoms with E-state index < -0.39 is 5.54 Å². The second-order valence-corrected chi connectivity index (χ2v) is 7.95. The zero-order chi connectivity index (χ0) is 20.7. The Bertz CT molecular complexity index is 688. The maximum absolute atomic E-state index is 13.0. The zero-order valence-electron chi connectivity index (χ0n) is 17.6. The second kappa shape index (κ2) is 10.1. The maximum atomic E-state index is 13.0. The molecule has 3 rings (SSSR count). The van der Waals surface area contributed by atoms with E-state index in [0.717, 1.165) is 30.8 Å². The lowest BCUT2D eigenvalue weighted by Gasteiger charge is -2.30. The minimum absolute atomic E-state index is 0.224. The Hall–Kier alpha value is -2.12. The summed E-state index contributed by atoms with van der Waals surface area (Å²) in [6.45, 7) is 7.65. The van der Waals surface area contributed by atoms with Crippen molar-refractivity contribution in [3.63, 3.8) is 0 Å². The van der Waals surface area contributed by atoms with Gasteiger partial charge in [-0.2, -0.15) is 0 Å². The van der Waals surface area contributed by atoms with Gasteiger partial charge in [0.1, 0.15) is 11.3 Å². The minimum atomic E-state index is -1.05. The van der Waals surface area contributed by atoms with Crippen molar-refractivity contribution in [2.45, 2.75) is 51.5 Å². The Morgan fingerprint density at radius 1 is 1.07 bits per heavy atom. The molecule has 29 heavy (non-hydrogen) atoms. The third-order valence-electron chi connectivity index (χ3n) is 5.67. The Morgan fingerprint density at radius 3 is 2.45 bits per heavy atom. The van der Waals surface area contributed by atoms with Gasteiger partial charge in [0.25, 0.3) is 5.91 Å². The number of hydrogen-bond donors (Lipinski definition) is 1. The van der Waals surface area contributed by atoms with Crippen LogP contribution in [0.2, 0.25) is 0 Å². The Kier molecular flexibility index (Phi) is 7.50. The molecular formula is C22H33N3O4. The molecule has 1 atom stereocenters. The average molecular weight is 404 g/mol. The molecule has 0 saturated carbocycles. The first kappa shape index (κ1) is 21.6. The van der Waals surface area contributed by atoms with Crippen LogP contribution in [0, 0.1) is 0 Å². The number of nitrogens with zero attached hydrogens (tertiary/aromatic N) is 2. The van der Waals surface area contributed by atoms with Crippen LogP contribution in [0.4, 0.5) is 4.79 Å². The summed E-state index contributed by atoms with van der Waals surface area (Å²) < 4.78 is 11.1. The van der Waals surface area contributed by atoms with Crippen molar-refractivity contribution in [3.8, 4) is 5.75 Å². The van der Waals surface area contributed by atoms with Crippen molar-refractivity contribution < 1.29 is 19.1 Å². The number of rotatable bonds is 10. The third-order valence-corrected chi connectivity index (χ3v) is 5.67. The monoisotopic (exact) mass is 403 g/mol. The van der Waals surface area contributed by atoms with Crippen LogP contribution in [0.5, 0.6) is 5.75 Å². The molecular weight excluding hydrogens is 370 g/mol. The van der Waals surface area contributed by atoms with E-state index in [-0.39, 0.29) is 11.9 Å². The molecule has 0 aliphatic carbocycles. The molecule has 2 saturated heterocycles. The number of morpholine rings is 1. The summed E-state index contributed by atoms with van der Waals surface area (Å²) in [5.41, 5.74) is -0.294.